The number of carbonyl (C=O) groups excluding carboxylic acids is 1. The second-order valence-electron chi connectivity index (χ2n) is 4.13. The summed E-state index contributed by atoms with van der Waals surface area (Å²) in [6.45, 7) is 1.85. The van der Waals surface area contributed by atoms with Crippen molar-refractivity contribution in [3.63, 3.8) is 0 Å². The zero-order valence-corrected chi connectivity index (χ0v) is 8.07. The predicted molar refractivity (Wildman–Crippen MR) is 49.2 cm³/mol. The van der Waals surface area contributed by atoms with Crippen LogP contribution in [0.25, 0.3) is 0 Å². The van der Waals surface area contributed by atoms with Gasteiger partial charge in [0.1, 0.15) is 6.10 Å². The Balaban J connectivity index is 2.05. The molecule has 0 aromatic heterocycles. The maximum Gasteiger partial charge on any atom is 0.251 e. The lowest BCUT2D eigenvalue weighted by molar-refractivity contribution is -0.141. The van der Waals surface area contributed by atoms with E-state index >= 15 is 0 Å². The van der Waals surface area contributed by atoms with Crippen LogP contribution in [0.15, 0.2) is 0 Å². The first-order chi connectivity index (χ1) is 6.24. The summed E-state index contributed by atoms with van der Waals surface area (Å²) in [4.78, 5) is 13.7. The second-order valence-corrected chi connectivity index (χ2v) is 4.13. The fourth-order valence-electron chi connectivity index (χ4n) is 2.62. The largest absolute Gasteiger partial charge is 0.383 e. The number of rotatable bonds is 2. The molecular weight excluding hydrogens is 166 g/mol. The molecule has 3 nitrogen and oxygen atoms in total. The van der Waals surface area contributed by atoms with Gasteiger partial charge in [-0.25, -0.2) is 0 Å². The molecular formula is C10H17NO2. The predicted octanol–water partition coefficient (Wildman–Crippen LogP) is 0.911. The molecule has 2 heterocycles. The molecule has 1 N–H and O–H groups in total. The summed E-state index contributed by atoms with van der Waals surface area (Å²) in [5.41, 5.74) is 0. The molecule has 0 saturated carbocycles. The van der Waals surface area contributed by atoms with E-state index in [0.717, 1.165) is 25.7 Å². The molecule has 2 fully saturated rings. The van der Waals surface area contributed by atoms with Gasteiger partial charge in [-0.2, -0.15) is 0 Å². The quantitative estimate of drug-likeness (QED) is 0.691. The minimum absolute atomic E-state index is 0.0347. The van der Waals surface area contributed by atoms with Crippen LogP contribution in [-0.4, -0.2) is 34.1 Å². The molecule has 1 amide bonds. The summed E-state index contributed by atoms with van der Waals surface area (Å²) in [5, 5.41) is 9.46. The molecule has 1 unspecified atom stereocenters. The van der Waals surface area contributed by atoms with Crippen LogP contribution in [0.1, 0.15) is 39.0 Å². The van der Waals surface area contributed by atoms with E-state index in [-0.39, 0.29) is 5.91 Å². The lowest BCUT2D eigenvalue weighted by atomic mass is 10.0. The molecule has 0 aliphatic carbocycles. The summed E-state index contributed by atoms with van der Waals surface area (Å²) in [6, 6.07) is 0.886. The van der Waals surface area contributed by atoms with Gasteiger partial charge in [0, 0.05) is 12.1 Å². The van der Waals surface area contributed by atoms with E-state index in [1.54, 1.807) is 0 Å². The monoisotopic (exact) mass is 183 g/mol. The number of fused-ring (bicyclic) bond motifs is 2. The normalized spacial score (nSPS) is 33.8. The second kappa shape index (κ2) is 3.29. The zero-order chi connectivity index (χ0) is 9.42. The van der Waals surface area contributed by atoms with Crippen LogP contribution in [0, 0.1) is 0 Å². The van der Waals surface area contributed by atoms with Crippen molar-refractivity contribution in [1.29, 1.82) is 0 Å². The number of aliphatic hydroxyl groups excluding tert-OH is 1. The summed E-state index contributed by atoms with van der Waals surface area (Å²) >= 11 is 0. The van der Waals surface area contributed by atoms with Crippen LogP contribution in [0.3, 0.4) is 0 Å². The van der Waals surface area contributed by atoms with Crippen LogP contribution in [0.2, 0.25) is 0 Å². The Labute approximate surface area is 78.7 Å². The third-order valence-corrected chi connectivity index (χ3v) is 3.38. The number of hydrogen-bond acceptors (Lipinski definition) is 2. The van der Waals surface area contributed by atoms with Crippen LogP contribution >= 0.6 is 0 Å². The minimum atomic E-state index is -0.763. The molecule has 2 rings (SSSR count). The molecule has 13 heavy (non-hydrogen) atoms. The molecule has 2 aliphatic heterocycles. The Morgan fingerprint density at radius 3 is 2.23 bits per heavy atom. The number of hydrogen-bond donors (Lipinski definition) is 1. The van der Waals surface area contributed by atoms with Gasteiger partial charge < -0.3 is 10.0 Å². The van der Waals surface area contributed by atoms with Crippen LogP contribution in [0.4, 0.5) is 0 Å². The van der Waals surface area contributed by atoms with E-state index in [1.165, 1.54) is 0 Å². The molecule has 0 aromatic carbocycles. The molecule has 1 atom stereocenters. The topological polar surface area (TPSA) is 40.5 Å². The summed E-state index contributed by atoms with van der Waals surface area (Å²) in [6.07, 6.45) is 4.36. The van der Waals surface area contributed by atoms with E-state index in [1.807, 2.05) is 11.8 Å². The zero-order valence-electron chi connectivity index (χ0n) is 8.07. The van der Waals surface area contributed by atoms with E-state index in [0.29, 0.717) is 18.5 Å². The minimum Gasteiger partial charge on any atom is -0.383 e. The third kappa shape index (κ3) is 1.35. The van der Waals surface area contributed by atoms with Gasteiger partial charge in [-0.1, -0.05) is 6.92 Å². The van der Waals surface area contributed by atoms with Crippen molar-refractivity contribution in [3.8, 4) is 0 Å². The highest BCUT2D eigenvalue weighted by Crippen LogP contribution is 2.37. The highest BCUT2D eigenvalue weighted by atomic mass is 16.3. The Morgan fingerprint density at radius 1 is 1.38 bits per heavy atom. The van der Waals surface area contributed by atoms with E-state index in [4.69, 9.17) is 0 Å². The van der Waals surface area contributed by atoms with Crippen LogP contribution < -0.4 is 0 Å². The average Bonchev–Trinajstić information content (AvgIpc) is 2.74. The van der Waals surface area contributed by atoms with Gasteiger partial charge in [0.2, 0.25) is 0 Å². The highest BCUT2D eigenvalue weighted by Gasteiger charge is 2.43. The lowest BCUT2D eigenvalue weighted by Gasteiger charge is -2.24. The molecule has 74 valence electrons. The van der Waals surface area contributed by atoms with Crippen LogP contribution in [-0.2, 0) is 4.79 Å². The first-order valence-corrected chi connectivity index (χ1v) is 5.24. The van der Waals surface area contributed by atoms with Gasteiger partial charge in [0.15, 0.2) is 0 Å². The summed E-state index contributed by atoms with van der Waals surface area (Å²) in [5.74, 6) is -0.0347. The number of aliphatic hydroxyl groups is 1. The van der Waals surface area contributed by atoms with Gasteiger partial charge in [0.25, 0.3) is 5.91 Å². The van der Waals surface area contributed by atoms with E-state index < -0.39 is 6.10 Å². The smallest absolute Gasteiger partial charge is 0.251 e. The van der Waals surface area contributed by atoms with Crippen LogP contribution in [0.5, 0.6) is 0 Å². The number of amides is 1. The fourth-order valence-corrected chi connectivity index (χ4v) is 2.62. The van der Waals surface area contributed by atoms with Crippen molar-refractivity contribution in [1.82, 2.24) is 4.90 Å². The van der Waals surface area contributed by atoms with Crippen molar-refractivity contribution in [2.75, 3.05) is 0 Å². The first-order valence-electron chi connectivity index (χ1n) is 5.24. The molecule has 2 saturated heterocycles. The maximum atomic E-state index is 11.7. The van der Waals surface area contributed by atoms with E-state index in [9.17, 15) is 9.90 Å². The van der Waals surface area contributed by atoms with Gasteiger partial charge in [-0.15, -0.1) is 0 Å². The Morgan fingerprint density at radius 2 is 1.85 bits per heavy atom. The van der Waals surface area contributed by atoms with Crippen molar-refractivity contribution < 1.29 is 9.90 Å². The number of carbonyl (C=O) groups is 1. The molecule has 2 aliphatic rings. The fraction of sp³-hybridized carbons (Fsp3) is 0.900. The van der Waals surface area contributed by atoms with Crippen molar-refractivity contribution in [3.05, 3.63) is 0 Å². The van der Waals surface area contributed by atoms with Crippen molar-refractivity contribution in [2.45, 2.75) is 57.2 Å². The third-order valence-electron chi connectivity index (χ3n) is 3.38. The SMILES string of the molecule is CCC(O)C(=O)N1C2CCC1CC2. The molecule has 0 aromatic rings. The van der Waals surface area contributed by atoms with Gasteiger partial charge in [-0.05, 0) is 32.1 Å². The Bertz CT molecular complexity index is 197. The Kier molecular flexibility index (Phi) is 2.28. The molecule has 0 radical (unpaired) electrons. The highest BCUT2D eigenvalue weighted by molar-refractivity contribution is 5.81. The number of nitrogens with zero attached hydrogens (tertiary/aromatic N) is 1. The maximum absolute atomic E-state index is 11.7. The van der Waals surface area contributed by atoms with Crippen molar-refractivity contribution >= 4 is 5.91 Å². The standard InChI is InChI=1S/C10H17NO2/c1-2-9(12)10(13)11-7-3-4-8(11)6-5-7/h7-9,12H,2-6H2,1H3. The summed E-state index contributed by atoms with van der Waals surface area (Å²) in [7, 11) is 0. The van der Waals surface area contributed by atoms with Gasteiger partial charge >= 0.3 is 0 Å². The van der Waals surface area contributed by atoms with Gasteiger partial charge in [0.05, 0.1) is 0 Å². The van der Waals surface area contributed by atoms with Crippen molar-refractivity contribution in [2.24, 2.45) is 0 Å². The molecule has 2 bridgehead atoms. The van der Waals surface area contributed by atoms with Gasteiger partial charge in [-0.3, -0.25) is 4.79 Å². The molecule has 0 spiro atoms. The lowest BCUT2D eigenvalue weighted by Crippen LogP contribution is -2.41. The first kappa shape index (κ1) is 9.00. The summed E-state index contributed by atoms with van der Waals surface area (Å²) < 4.78 is 0. The Hall–Kier alpha value is -0.570. The molecule has 3 heteroatoms. The average molecular weight is 183 g/mol. The van der Waals surface area contributed by atoms with E-state index in [2.05, 4.69) is 0 Å².